The second kappa shape index (κ2) is 6.75. The van der Waals surface area contributed by atoms with Gasteiger partial charge in [-0.2, -0.15) is 0 Å². The molecule has 0 spiro atoms. The van der Waals surface area contributed by atoms with E-state index in [1.54, 1.807) is 11.3 Å². The highest BCUT2D eigenvalue weighted by molar-refractivity contribution is 7.15. The molecule has 2 aliphatic rings. The van der Waals surface area contributed by atoms with Gasteiger partial charge in [-0.3, -0.25) is 4.79 Å². The number of hydrogen-bond donors (Lipinski definition) is 0. The van der Waals surface area contributed by atoms with E-state index in [9.17, 15) is 4.79 Å². The van der Waals surface area contributed by atoms with Crippen LogP contribution >= 0.6 is 11.3 Å². The molecular weight excluding hydrogens is 288 g/mol. The van der Waals surface area contributed by atoms with Crippen LogP contribution in [0.4, 0.5) is 5.13 Å². The van der Waals surface area contributed by atoms with Crippen LogP contribution in [0.2, 0.25) is 0 Å². The molecule has 1 aliphatic heterocycles. The number of fused-ring (bicyclic) bond motifs is 1. The summed E-state index contributed by atoms with van der Waals surface area (Å²) in [5.74, 6) is -0.0224. The van der Waals surface area contributed by atoms with Gasteiger partial charge in [0.15, 0.2) is 5.13 Å². The number of carbonyl (C=O) groups excluding carboxylic acids is 1. The third-order valence-electron chi connectivity index (χ3n) is 3.99. The molecule has 0 N–H and O–H groups in total. The summed E-state index contributed by atoms with van der Waals surface area (Å²) in [7, 11) is 0. The number of ether oxygens (including phenoxy) is 2. The maximum atomic E-state index is 12.0. The summed E-state index contributed by atoms with van der Waals surface area (Å²) < 4.78 is 10.7. The maximum Gasteiger partial charge on any atom is 0.309 e. The minimum Gasteiger partial charge on any atom is -0.465 e. The van der Waals surface area contributed by atoms with Crippen molar-refractivity contribution in [1.82, 2.24) is 4.98 Å². The van der Waals surface area contributed by atoms with Crippen LogP contribution in [-0.4, -0.2) is 43.9 Å². The first-order valence-electron chi connectivity index (χ1n) is 7.76. The number of aryl methyl sites for hydroxylation is 1. The van der Waals surface area contributed by atoms with Crippen molar-refractivity contribution in [3.63, 3.8) is 0 Å². The Morgan fingerprint density at radius 2 is 2.29 bits per heavy atom. The average molecular weight is 310 g/mol. The molecule has 1 aromatic rings. The van der Waals surface area contributed by atoms with Crippen molar-refractivity contribution in [2.75, 3.05) is 37.8 Å². The average Bonchev–Trinajstić information content (AvgIpc) is 2.96. The number of anilines is 1. The van der Waals surface area contributed by atoms with Crippen LogP contribution < -0.4 is 4.90 Å². The molecule has 1 unspecified atom stereocenters. The zero-order chi connectivity index (χ0) is 14.7. The topological polar surface area (TPSA) is 51.7 Å². The molecule has 1 saturated heterocycles. The highest BCUT2D eigenvalue weighted by atomic mass is 32.1. The molecule has 1 aliphatic carbocycles. The summed E-state index contributed by atoms with van der Waals surface area (Å²) in [4.78, 5) is 20.3. The van der Waals surface area contributed by atoms with Crippen LogP contribution in [0, 0.1) is 5.92 Å². The molecule has 0 bridgehead atoms. The fourth-order valence-corrected chi connectivity index (χ4v) is 4.01. The van der Waals surface area contributed by atoms with Crippen LogP contribution in [0.15, 0.2) is 0 Å². The summed E-state index contributed by atoms with van der Waals surface area (Å²) in [6, 6.07) is 0. The predicted octanol–water partition coefficient (Wildman–Crippen LogP) is 2.04. The van der Waals surface area contributed by atoms with Crippen molar-refractivity contribution in [1.29, 1.82) is 0 Å². The highest BCUT2D eigenvalue weighted by Crippen LogP contribution is 2.34. The van der Waals surface area contributed by atoms with E-state index < -0.39 is 0 Å². The molecular formula is C15H22N2O3S. The summed E-state index contributed by atoms with van der Waals surface area (Å²) in [5, 5.41) is 1.09. The van der Waals surface area contributed by atoms with Gasteiger partial charge in [0.1, 0.15) is 0 Å². The van der Waals surface area contributed by atoms with Crippen molar-refractivity contribution in [2.24, 2.45) is 5.92 Å². The first-order chi connectivity index (χ1) is 10.3. The lowest BCUT2D eigenvalue weighted by atomic mass is 9.91. The number of thiazole rings is 1. The van der Waals surface area contributed by atoms with Crippen molar-refractivity contribution in [3.05, 3.63) is 10.6 Å². The Bertz CT molecular complexity index is 497. The van der Waals surface area contributed by atoms with Gasteiger partial charge in [-0.1, -0.05) is 6.92 Å². The predicted molar refractivity (Wildman–Crippen MR) is 81.9 cm³/mol. The zero-order valence-electron chi connectivity index (χ0n) is 12.5. The van der Waals surface area contributed by atoms with Gasteiger partial charge >= 0.3 is 5.97 Å². The summed E-state index contributed by atoms with van der Waals surface area (Å²) in [5.41, 5.74) is 1.18. The van der Waals surface area contributed by atoms with Crippen molar-refractivity contribution in [3.8, 4) is 0 Å². The van der Waals surface area contributed by atoms with E-state index in [2.05, 4.69) is 4.90 Å². The van der Waals surface area contributed by atoms with Crippen LogP contribution in [0.3, 0.4) is 0 Å². The molecule has 1 aromatic heterocycles. The first kappa shape index (κ1) is 14.8. The van der Waals surface area contributed by atoms with Gasteiger partial charge in [0, 0.05) is 18.0 Å². The van der Waals surface area contributed by atoms with E-state index in [-0.39, 0.29) is 11.9 Å². The lowest BCUT2D eigenvalue weighted by molar-refractivity contribution is -0.148. The summed E-state index contributed by atoms with van der Waals surface area (Å²) in [6.07, 6.45) is 3.43. The Hall–Kier alpha value is -1.14. The standard InChI is InChI=1S/C15H22N2O3S/c1-2-7-20-14(18)11-3-4-12-13(10-11)21-15(16-12)17-5-8-19-9-6-17/h11H,2-10H2,1H3. The van der Waals surface area contributed by atoms with Crippen molar-refractivity contribution < 1.29 is 14.3 Å². The molecule has 1 atom stereocenters. The molecule has 1 fully saturated rings. The van der Waals surface area contributed by atoms with Crippen molar-refractivity contribution in [2.45, 2.75) is 32.6 Å². The molecule has 0 saturated carbocycles. The van der Waals surface area contributed by atoms with E-state index in [0.717, 1.165) is 57.1 Å². The molecule has 3 rings (SSSR count). The van der Waals surface area contributed by atoms with Gasteiger partial charge in [0.2, 0.25) is 0 Å². The quantitative estimate of drug-likeness (QED) is 0.797. The second-order valence-corrected chi connectivity index (χ2v) is 6.64. The van der Waals surface area contributed by atoms with Gasteiger partial charge in [0.05, 0.1) is 31.4 Å². The normalized spacial score (nSPS) is 22.0. The molecule has 116 valence electrons. The number of rotatable bonds is 4. The maximum absolute atomic E-state index is 12.0. The fraction of sp³-hybridized carbons (Fsp3) is 0.733. The van der Waals surface area contributed by atoms with E-state index in [4.69, 9.17) is 14.5 Å². The molecule has 21 heavy (non-hydrogen) atoms. The Kier molecular flexibility index (Phi) is 4.75. The van der Waals surface area contributed by atoms with E-state index in [0.29, 0.717) is 6.61 Å². The molecule has 0 radical (unpaired) electrons. The Morgan fingerprint density at radius 3 is 3.05 bits per heavy atom. The van der Waals surface area contributed by atoms with E-state index in [1.807, 2.05) is 6.92 Å². The minimum absolute atomic E-state index is 0.0158. The van der Waals surface area contributed by atoms with Crippen LogP contribution in [-0.2, 0) is 27.1 Å². The second-order valence-electron chi connectivity index (χ2n) is 5.57. The number of hydrogen-bond acceptors (Lipinski definition) is 6. The SMILES string of the molecule is CCCOC(=O)C1CCc2nc(N3CCOCC3)sc2C1. The summed E-state index contributed by atoms with van der Waals surface area (Å²) in [6.45, 7) is 5.92. The van der Waals surface area contributed by atoms with Gasteiger partial charge in [-0.05, 0) is 25.7 Å². The number of morpholine rings is 1. The monoisotopic (exact) mass is 310 g/mol. The lowest BCUT2D eigenvalue weighted by Crippen LogP contribution is -2.36. The smallest absolute Gasteiger partial charge is 0.309 e. The largest absolute Gasteiger partial charge is 0.465 e. The lowest BCUT2D eigenvalue weighted by Gasteiger charge is -2.26. The third-order valence-corrected chi connectivity index (χ3v) is 5.17. The van der Waals surface area contributed by atoms with E-state index in [1.165, 1.54) is 10.6 Å². The molecule has 6 heteroatoms. The number of aromatic nitrogens is 1. The fourth-order valence-electron chi connectivity index (χ4n) is 2.77. The number of esters is 1. The molecule has 0 aromatic carbocycles. The molecule has 5 nitrogen and oxygen atoms in total. The molecule has 2 heterocycles. The van der Waals surface area contributed by atoms with Gasteiger partial charge in [0.25, 0.3) is 0 Å². The number of carbonyl (C=O) groups is 1. The Morgan fingerprint density at radius 1 is 1.48 bits per heavy atom. The van der Waals surface area contributed by atoms with Gasteiger partial charge in [-0.25, -0.2) is 4.98 Å². The first-order valence-corrected chi connectivity index (χ1v) is 8.57. The van der Waals surface area contributed by atoms with Crippen LogP contribution in [0.5, 0.6) is 0 Å². The Balaban J connectivity index is 1.65. The van der Waals surface area contributed by atoms with E-state index >= 15 is 0 Å². The van der Waals surface area contributed by atoms with Crippen molar-refractivity contribution >= 4 is 22.4 Å². The van der Waals surface area contributed by atoms with Crippen LogP contribution in [0.1, 0.15) is 30.3 Å². The highest BCUT2D eigenvalue weighted by Gasteiger charge is 2.29. The van der Waals surface area contributed by atoms with Gasteiger partial charge in [-0.15, -0.1) is 11.3 Å². The zero-order valence-corrected chi connectivity index (χ0v) is 13.3. The molecule has 0 amide bonds. The third kappa shape index (κ3) is 3.37. The summed E-state index contributed by atoms with van der Waals surface area (Å²) >= 11 is 1.74. The van der Waals surface area contributed by atoms with Crippen LogP contribution in [0.25, 0.3) is 0 Å². The number of nitrogens with zero attached hydrogens (tertiary/aromatic N) is 2. The Labute approximate surface area is 129 Å². The minimum atomic E-state index is -0.0381. The van der Waals surface area contributed by atoms with Gasteiger partial charge < -0.3 is 14.4 Å².